The van der Waals surface area contributed by atoms with Crippen molar-refractivity contribution >= 4 is 11.0 Å². The summed E-state index contributed by atoms with van der Waals surface area (Å²) in [5.74, 6) is 0.612. The van der Waals surface area contributed by atoms with E-state index in [1.807, 2.05) is 59.3 Å². The minimum Gasteiger partial charge on any atom is -0.473 e. The van der Waals surface area contributed by atoms with Crippen LogP contribution in [0.1, 0.15) is 12.5 Å². The van der Waals surface area contributed by atoms with Crippen molar-refractivity contribution in [2.45, 2.75) is 26.2 Å². The maximum atomic E-state index is 9.48. The second-order valence-electron chi connectivity index (χ2n) is 5.15. The van der Waals surface area contributed by atoms with Crippen LogP contribution in [0, 0.1) is 0 Å². The van der Waals surface area contributed by atoms with E-state index in [0.717, 1.165) is 16.6 Å². The molecule has 0 bridgehead atoms. The van der Waals surface area contributed by atoms with Crippen LogP contribution in [-0.4, -0.2) is 20.8 Å². The third kappa shape index (κ3) is 3.23. The molecule has 1 aromatic carbocycles. The predicted molar refractivity (Wildman–Crippen MR) is 82.2 cm³/mol. The molecular weight excluding hydrogens is 264 g/mol. The zero-order valence-electron chi connectivity index (χ0n) is 11.9. The Bertz CT molecular complexity index is 720. The van der Waals surface area contributed by atoms with Gasteiger partial charge in [0.1, 0.15) is 6.61 Å². The summed E-state index contributed by atoms with van der Waals surface area (Å²) < 4.78 is 7.71. The first-order valence-electron chi connectivity index (χ1n) is 7.03. The van der Waals surface area contributed by atoms with E-state index in [0.29, 0.717) is 19.0 Å². The van der Waals surface area contributed by atoms with E-state index in [1.54, 1.807) is 6.92 Å². The molecular formula is C17H18N2O2. The number of fused-ring (bicyclic) bond motifs is 1. The molecule has 0 saturated heterocycles. The van der Waals surface area contributed by atoms with Crippen molar-refractivity contribution in [2.75, 3.05) is 0 Å². The van der Waals surface area contributed by atoms with Gasteiger partial charge in [0.05, 0.1) is 17.1 Å². The first-order valence-corrected chi connectivity index (χ1v) is 7.03. The highest BCUT2D eigenvalue weighted by molar-refractivity contribution is 5.76. The molecule has 0 aliphatic carbocycles. The van der Waals surface area contributed by atoms with Gasteiger partial charge in [-0.3, -0.25) is 0 Å². The minimum atomic E-state index is -0.380. The number of hydrogen-bond donors (Lipinski definition) is 1. The molecule has 2 heterocycles. The van der Waals surface area contributed by atoms with Crippen LogP contribution in [0.5, 0.6) is 5.88 Å². The fraction of sp³-hybridized carbons (Fsp3) is 0.235. The zero-order valence-corrected chi connectivity index (χ0v) is 11.9. The summed E-state index contributed by atoms with van der Waals surface area (Å²) in [6.45, 7) is 2.85. The number of aromatic nitrogens is 2. The Labute approximate surface area is 123 Å². The van der Waals surface area contributed by atoms with E-state index in [-0.39, 0.29) is 6.10 Å². The van der Waals surface area contributed by atoms with Gasteiger partial charge in [-0.15, -0.1) is 0 Å². The smallest absolute Gasteiger partial charge is 0.214 e. The molecule has 0 saturated carbocycles. The van der Waals surface area contributed by atoms with Gasteiger partial charge in [-0.1, -0.05) is 30.3 Å². The van der Waals surface area contributed by atoms with Crippen molar-refractivity contribution in [2.24, 2.45) is 0 Å². The fourth-order valence-corrected chi connectivity index (χ4v) is 2.31. The topological polar surface area (TPSA) is 47.3 Å². The van der Waals surface area contributed by atoms with Crippen LogP contribution in [0.15, 0.2) is 54.7 Å². The summed E-state index contributed by atoms with van der Waals surface area (Å²) in [6.07, 6.45) is 1.56. The largest absolute Gasteiger partial charge is 0.473 e. The van der Waals surface area contributed by atoms with Crippen molar-refractivity contribution in [3.63, 3.8) is 0 Å². The summed E-state index contributed by atoms with van der Waals surface area (Å²) in [5, 5.41) is 9.48. The van der Waals surface area contributed by atoms with Crippen molar-refractivity contribution in [1.82, 2.24) is 9.55 Å². The molecule has 0 fully saturated rings. The Morgan fingerprint density at radius 1 is 1.14 bits per heavy atom. The summed E-state index contributed by atoms with van der Waals surface area (Å²) in [7, 11) is 0. The third-order valence-corrected chi connectivity index (χ3v) is 3.29. The number of rotatable bonds is 5. The molecule has 1 unspecified atom stereocenters. The average molecular weight is 282 g/mol. The molecule has 0 amide bonds. The molecule has 21 heavy (non-hydrogen) atoms. The second kappa shape index (κ2) is 5.97. The SMILES string of the molecule is CC(O)Cn1ccc2nc(OCc3ccccc3)ccc21. The number of ether oxygens (including phenoxy) is 1. The highest BCUT2D eigenvalue weighted by Gasteiger charge is 2.06. The number of nitrogens with zero attached hydrogens (tertiary/aromatic N) is 2. The van der Waals surface area contributed by atoms with Gasteiger partial charge >= 0.3 is 0 Å². The molecule has 4 nitrogen and oxygen atoms in total. The van der Waals surface area contributed by atoms with Crippen LogP contribution in [0.2, 0.25) is 0 Å². The van der Waals surface area contributed by atoms with Crippen LogP contribution in [0.3, 0.4) is 0 Å². The van der Waals surface area contributed by atoms with Crippen molar-refractivity contribution in [1.29, 1.82) is 0 Å². The van der Waals surface area contributed by atoms with E-state index >= 15 is 0 Å². The quantitative estimate of drug-likeness (QED) is 0.782. The highest BCUT2D eigenvalue weighted by Crippen LogP contribution is 2.19. The van der Waals surface area contributed by atoms with Gasteiger partial charge in [-0.2, -0.15) is 0 Å². The van der Waals surface area contributed by atoms with Gasteiger partial charge in [-0.25, -0.2) is 4.98 Å². The number of benzene rings is 1. The van der Waals surface area contributed by atoms with E-state index in [4.69, 9.17) is 4.74 Å². The zero-order chi connectivity index (χ0) is 14.7. The van der Waals surface area contributed by atoms with Crippen molar-refractivity contribution in [3.8, 4) is 5.88 Å². The first-order chi connectivity index (χ1) is 10.2. The van der Waals surface area contributed by atoms with Gasteiger partial charge < -0.3 is 14.4 Å². The number of aliphatic hydroxyl groups is 1. The molecule has 0 aliphatic rings. The fourth-order valence-electron chi connectivity index (χ4n) is 2.31. The normalized spacial score (nSPS) is 12.5. The number of aliphatic hydroxyl groups excluding tert-OH is 1. The molecule has 1 N–H and O–H groups in total. The van der Waals surface area contributed by atoms with Crippen LogP contribution in [0.25, 0.3) is 11.0 Å². The molecule has 2 aromatic heterocycles. The van der Waals surface area contributed by atoms with E-state index in [9.17, 15) is 5.11 Å². The maximum Gasteiger partial charge on any atom is 0.214 e. The lowest BCUT2D eigenvalue weighted by Gasteiger charge is -2.08. The van der Waals surface area contributed by atoms with Crippen LogP contribution in [-0.2, 0) is 13.2 Å². The van der Waals surface area contributed by atoms with E-state index < -0.39 is 0 Å². The standard InChI is InChI=1S/C17H18N2O2/c1-13(20)11-19-10-9-15-16(19)7-8-17(18-15)21-12-14-5-3-2-4-6-14/h2-10,13,20H,11-12H2,1H3. The van der Waals surface area contributed by atoms with E-state index in [2.05, 4.69) is 4.98 Å². The highest BCUT2D eigenvalue weighted by atomic mass is 16.5. The molecule has 0 radical (unpaired) electrons. The minimum absolute atomic E-state index is 0.380. The maximum absolute atomic E-state index is 9.48. The monoisotopic (exact) mass is 282 g/mol. The van der Waals surface area contributed by atoms with Crippen LogP contribution < -0.4 is 4.74 Å². The summed E-state index contributed by atoms with van der Waals surface area (Å²) in [4.78, 5) is 4.49. The van der Waals surface area contributed by atoms with Crippen LogP contribution in [0.4, 0.5) is 0 Å². The molecule has 3 aromatic rings. The lowest BCUT2D eigenvalue weighted by atomic mass is 10.2. The molecule has 1 atom stereocenters. The van der Waals surface area contributed by atoms with Crippen molar-refractivity contribution < 1.29 is 9.84 Å². The van der Waals surface area contributed by atoms with Crippen LogP contribution >= 0.6 is 0 Å². The second-order valence-corrected chi connectivity index (χ2v) is 5.15. The average Bonchev–Trinajstić information content (AvgIpc) is 2.88. The Hall–Kier alpha value is -2.33. The molecule has 4 heteroatoms. The molecule has 0 aliphatic heterocycles. The summed E-state index contributed by atoms with van der Waals surface area (Å²) >= 11 is 0. The lowest BCUT2D eigenvalue weighted by Crippen LogP contribution is -2.10. The summed E-state index contributed by atoms with van der Waals surface area (Å²) in [6, 6.07) is 15.8. The Balaban J connectivity index is 1.75. The van der Waals surface area contributed by atoms with Gasteiger partial charge in [0.25, 0.3) is 0 Å². The Morgan fingerprint density at radius 2 is 1.95 bits per heavy atom. The first kappa shape index (κ1) is 13.6. The van der Waals surface area contributed by atoms with Gasteiger partial charge in [0.2, 0.25) is 5.88 Å². The van der Waals surface area contributed by atoms with Gasteiger partial charge in [0, 0.05) is 18.8 Å². The number of pyridine rings is 1. The van der Waals surface area contributed by atoms with E-state index in [1.165, 1.54) is 0 Å². The molecule has 0 spiro atoms. The Morgan fingerprint density at radius 3 is 2.71 bits per heavy atom. The Kier molecular flexibility index (Phi) is 3.88. The molecule has 3 rings (SSSR count). The number of hydrogen-bond acceptors (Lipinski definition) is 3. The van der Waals surface area contributed by atoms with Crippen molar-refractivity contribution in [3.05, 3.63) is 60.3 Å². The summed E-state index contributed by atoms with van der Waals surface area (Å²) in [5.41, 5.74) is 3.00. The predicted octanol–water partition coefficient (Wildman–Crippen LogP) is 3.00. The third-order valence-electron chi connectivity index (χ3n) is 3.29. The van der Waals surface area contributed by atoms with Gasteiger partial charge in [-0.05, 0) is 24.6 Å². The lowest BCUT2D eigenvalue weighted by molar-refractivity contribution is 0.175. The molecule has 108 valence electrons. The van der Waals surface area contributed by atoms with Gasteiger partial charge in [0.15, 0.2) is 0 Å².